The Morgan fingerprint density at radius 3 is 2.60 bits per heavy atom. The summed E-state index contributed by atoms with van der Waals surface area (Å²) >= 11 is 0.919. The van der Waals surface area contributed by atoms with Crippen molar-refractivity contribution < 1.29 is 27.9 Å². The molecule has 1 atom stereocenters. The predicted octanol–water partition coefficient (Wildman–Crippen LogP) is 1.81. The number of rotatable bonds is 5. The summed E-state index contributed by atoms with van der Waals surface area (Å²) < 4.78 is 43.0. The monoisotopic (exact) mass is 515 g/mol. The van der Waals surface area contributed by atoms with E-state index in [-0.39, 0.29) is 63.9 Å². The number of nitrogens with one attached hydrogen (secondary N) is 1. The van der Waals surface area contributed by atoms with E-state index >= 15 is 0 Å². The number of amides is 1. The Balaban J connectivity index is 2.01. The molecule has 0 saturated carbocycles. The number of β-amino-alcohol motifs (C(OH)–C–C–N with tert-alkyl or cyclic N) is 1. The van der Waals surface area contributed by atoms with Gasteiger partial charge in [-0.1, -0.05) is 13.8 Å². The first kappa shape index (κ1) is 25.1. The van der Waals surface area contributed by atoms with Crippen LogP contribution >= 0.6 is 11.3 Å². The summed E-state index contributed by atoms with van der Waals surface area (Å²) in [6.07, 6.45) is -6.03. The van der Waals surface area contributed by atoms with E-state index in [1.54, 1.807) is 0 Å². The van der Waals surface area contributed by atoms with Crippen molar-refractivity contribution in [1.29, 1.82) is 0 Å². The number of carbonyl (C=O) groups excluding carboxylic acids is 1. The fourth-order valence-electron chi connectivity index (χ4n) is 4.06. The highest BCUT2D eigenvalue weighted by Gasteiger charge is 2.39. The van der Waals surface area contributed by atoms with Crippen LogP contribution in [0.3, 0.4) is 0 Å². The lowest BCUT2D eigenvalue weighted by atomic mass is 10.0. The third kappa shape index (κ3) is 4.41. The Hall–Kier alpha value is -2.97. The van der Waals surface area contributed by atoms with Gasteiger partial charge in [-0.15, -0.1) is 11.3 Å². The van der Waals surface area contributed by atoms with Crippen LogP contribution in [0.4, 0.5) is 13.2 Å². The van der Waals surface area contributed by atoms with Gasteiger partial charge in [0.25, 0.3) is 11.5 Å². The minimum Gasteiger partial charge on any atom is -0.389 e. The van der Waals surface area contributed by atoms with Gasteiger partial charge in [0.05, 0.1) is 17.5 Å². The molecular weight excluding hydrogens is 491 g/mol. The highest BCUT2D eigenvalue weighted by atomic mass is 32.1. The number of nitrogens with zero attached hydrogens (tertiary/aromatic N) is 4. The molecular formula is C21H24F3N5O5S. The molecule has 1 aliphatic rings. The normalized spacial score (nSPS) is 16.7. The number of hydrogen-bond donors (Lipinski definition) is 2. The topological polar surface area (TPSA) is 122 Å². The molecule has 0 spiro atoms. The van der Waals surface area contributed by atoms with E-state index in [0.717, 1.165) is 21.0 Å². The third-order valence-corrected chi connectivity index (χ3v) is 6.92. The quantitative estimate of drug-likeness (QED) is 0.535. The Morgan fingerprint density at radius 2 is 2.03 bits per heavy atom. The van der Waals surface area contributed by atoms with E-state index < -0.39 is 35.1 Å². The smallest absolute Gasteiger partial charge is 0.389 e. The van der Waals surface area contributed by atoms with Gasteiger partial charge in [-0.2, -0.15) is 18.3 Å². The molecule has 4 heterocycles. The molecule has 0 aliphatic carbocycles. The largest absolute Gasteiger partial charge is 0.435 e. The van der Waals surface area contributed by atoms with Gasteiger partial charge in [0, 0.05) is 36.1 Å². The Kier molecular flexibility index (Phi) is 6.40. The first-order valence-electron chi connectivity index (χ1n) is 10.8. The van der Waals surface area contributed by atoms with Gasteiger partial charge >= 0.3 is 11.9 Å². The Morgan fingerprint density at radius 1 is 1.34 bits per heavy atom. The molecule has 3 aromatic rings. The molecule has 0 unspecified atom stereocenters. The van der Waals surface area contributed by atoms with E-state index in [1.807, 2.05) is 13.8 Å². The van der Waals surface area contributed by atoms with Crippen molar-refractivity contribution >= 4 is 27.5 Å². The number of aliphatic hydroxyl groups excluding tert-OH is 1. The highest BCUT2D eigenvalue weighted by molar-refractivity contribution is 7.19. The molecule has 4 rings (SSSR count). The van der Waals surface area contributed by atoms with Crippen LogP contribution < -0.4 is 11.2 Å². The third-order valence-electron chi connectivity index (χ3n) is 5.71. The first-order valence-corrected chi connectivity index (χ1v) is 11.6. The number of carbonyl (C=O) groups is 1. The molecule has 1 amide bonds. The lowest BCUT2D eigenvalue weighted by Gasteiger charge is -2.15. The van der Waals surface area contributed by atoms with Crippen LogP contribution in [0, 0.1) is 12.8 Å². The second-order valence-electron chi connectivity index (χ2n) is 8.90. The van der Waals surface area contributed by atoms with E-state index in [1.165, 1.54) is 18.5 Å². The summed E-state index contributed by atoms with van der Waals surface area (Å²) in [5, 5.41) is 16.3. The minimum absolute atomic E-state index is 0.00289. The molecule has 0 bridgehead atoms. The fourth-order valence-corrected chi connectivity index (χ4v) is 5.35. The van der Waals surface area contributed by atoms with Gasteiger partial charge in [0.2, 0.25) is 0 Å². The lowest BCUT2D eigenvalue weighted by Crippen LogP contribution is -2.39. The summed E-state index contributed by atoms with van der Waals surface area (Å²) in [4.78, 5) is 45.2. The number of thiophene rings is 1. The van der Waals surface area contributed by atoms with Crippen LogP contribution in [0.1, 0.15) is 46.0 Å². The molecule has 1 aliphatic heterocycles. The second-order valence-corrected chi connectivity index (χ2v) is 9.98. The summed E-state index contributed by atoms with van der Waals surface area (Å²) in [5.41, 5.74) is -2.61. The van der Waals surface area contributed by atoms with Crippen LogP contribution in [0.25, 0.3) is 10.2 Å². The zero-order chi connectivity index (χ0) is 25.8. The number of H-pyrrole nitrogens is 1. The van der Waals surface area contributed by atoms with Crippen molar-refractivity contribution in [1.82, 2.24) is 24.4 Å². The van der Waals surface area contributed by atoms with Gasteiger partial charge in [0.15, 0.2) is 5.69 Å². The molecule has 0 aromatic carbocycles. The maximum absolute atomic E-state index is 13.6. The molecule has 190 valence electrons. The molecule has 0 radical (unpaired) electrons. The number of alkyl halides is 3. The molecule has 10 nitrogen and oxygen atoms in total. The summed E-state index contributed by atoms with van der Waals surface area (Å²) in [5.74, 6) is -0.771. The average molecular weight is 516 g/mol. The summed E-state index contributed by atoms with van der Waals surface area (Å²) in [6.45, 7) is 5.09. The van der Waals surface area contributed by atoms with Crippen molar-refractivity contribution in [2.24, 2.45) is 13.0 Å². The molecule has 2 N–H and O–H groups in total. The molecule has 1 fully saturated rings. The Bertz CT molecular complexity index is 1420. The number of aromatic nitrogens is 4. The summed E-state index contributed by atoms with van der Waals surface area (Å²) in [6, 6.07) is 0. The number of halogens is 3. The standard InChI is InChI=1S/C21H24F3N5O5S/c1-9(2)6-28-19-15(17(31)27(4)20(28)33)14(18(32)29-7-11(30)8-34-29)13(35-19)5-12-10(3)25-26-16(12)21(22,23)24/h9,11,30H,5-8H2,1-4H3,(H,25,26)/t11-/m0/s1. The van der Waals surface area contributed by atoms with Crippen molar-refractivity contribution in [2.45, 2.75) is 46.0 Å². The van der Waals surface area contributed by atoms with Crippen LogP contribution in [-0.4, -0.2) is 54.7 Å². The molecule has 35 heavy (non-hydrogen) atoms. The van der Waals surface area contributed by atoms with Crippen LogP contribution in [0.2, 0.25) is 0 Å². The molecule has 14 heteroatoms. The van der Waals surface area contributed by atoms with Gasteiger partial charge in [-0.25, -0.2) is 9.86 Å². The zero-order valence-corrected chi connectivity index (χ0v) is 20.2. The van der Waals surface area contributed by atoms with Crippen LogP contribution in [0.5, 0.6) is 0 Å². The van der Waals surface area contributed by atoms with Gasteiger partial charge < -0.3 is 5.11 Å². The first-order chi connectivity index (χ1) is 16.3. The van der Waals surface area contributed by atoms with Gasteiger partial charge in [-0.3, -0.25) is 28.7 Å². The SMILES string of the molecule is Cc1[nH]nc(C(F)(F)F)c1Cc1sc2c(c1C(=O)N1C[C@H](O)CO1)c(=O)n(C)c(=O)n2CC(C)C. The van der Waals surface area contributed by atoms with Crippen molar-refractivity contribution in [3.8, 4) is 0 Å². The van der Waals surface area contributed by atoms with Crippen molar-refractivity contribution in [3.05, 3.63) is 48.2 Å². The number of fused-ring (bicyclic) bond motifs is 1. The van der Waals surface area contributed by atoms with Crippen LogP contribution in [0.15, 0.2) is 9.59 Å². The number of aromatic amines is 1. The summed E-state index contributed by atoms with van der Waals surface area (Å²) in [7, 11) is 1.28. The number of hydroxylamine groups is 2. The van der Waals surface area contributed by atoms with E-state index in [2.05, 4.69) is 10.2 Å². The van der Waals surface area contributed by atoms with Crippen molar-refractivity contribution in [2.75, 3.05) is 13.2 Å². The second kappa shape index (κ2) is 8.91. The fraction of sp³-hybridized carbons (Fsp3) is 0.524. The minimum atomic E-state index is -4.74. The van der Waals surface area contributed by atoms with Gasteiger partial charge in [0.1, 0.15) is 17.5 Å². The maximum atomic E-state index is 13.6. The van der Waals surface area contributed by atoms with Gasteiger partial charge in [-0.05, 0) is 12.8 Å². The Labute approximate surface area is 200 Å². The molecule has 3 aromatic heterocycles. The van der Waals surface area contributed by atoms with Crippen LogP contribution in [-0.2, 0) is 31.0 Å². The number of aryl methyl sites for hydroxylation is 1. The van der Waals surface area contributed by atoms with Crippen molar-refractivity contribution in [3.63, 3.8) is 0 Å². The van der Waals surface area contributed by atoms with E-state index in [0.29, 0.717) is 0 Å². The lowest BCUT2D eigenvalue weighted by molar-refractivity contribution is -0.141. The predicted molar refractivity (Wildman–Crippen MR) is 120 cm³/mol. The average Bonchev–Trinajstić information content (AvgIpc) is 3.46. The number of hydrogen-bond acceptors (Lipinski definition) is 7. The zero-order valence-electron chi connectivity index (χ0n) is 19.4. The highest BCUT2D eigenvalue weighted by Crippen LogP contribution is 2.37. The number of aliphatic hydroxyl groups is 1. The van der Waals surface area contributed by atoms with E-state index in [9.17, 15) is 32.7 Å². The molecule has 1 saturated heterocycles. The maximum Gasteiger partial charge on any atom is 0.435 e. The van der Waals surface area contributed by atoms with E-state index in [4.69, 9.17) is 4.84 Å².